The molecule has 0 atom stereocenters. The van der Waals surface area contributed by atoms with Crippen molar-refractivity contribution in [2.45, 2.75) is 18.9 Å². The first-order chi connectivity index (χ1) is 8.26. The molecule has 10 heteroatoms. The molecular weight excluding hydrogens is 291 g/mol. The molecule has 0 saturated heterocycles. The zero-order valence-corrected chi connectivity index (χ0v) is 11.2. The van der Waals surface area contributed by atoms with Crippen molar-refractivity contribution in [3.8, 4) is 6.07 Å². The molecular formula is C8H10F3N3O2S2. The van der Waals surface area contributed by atoms with Crippen molar-refractivity contribution in [3.63, 3.8) is 0 Å². The molecule has 0 heterocycles. The van der Waals surface area contributed by atoms with Crippen LogP contribution < -0.4 is 0 Å². The quantitative estimate of drug-likeness (QED) is 0.199. The second-order valence-corrected chi connectivity index (χ2v) is 5.24. The van der Waals surface area contributed by atoms with Crippen LogP contribution >= 0.6 is 23.7 Å². The van der Waals surface area contributed by atoms with Gasteiger partial charge in [0.25, 0.3) is 0 Å². The minimum absolute atomic E-state index is 0.288. The molecule has 0 radical (unpaired) electrons. The molecule has 0 aromatic heterocycles. The number of amides is 1. The van der Waals surface area contributed by atoms with E-state index in [1.165, 1.54) is 18.7 Å². The van der Waals surface area contributed by atoms with Gasteiger partial charge in [-0.1, -0.05) is 5.16 Å². The number of thioether (sulfide) groups is 1. The predicted molar refractivity (Wildman–Crippen MR) is 63.7 cm³/mol. The van der Waals surface area contributed by atoms with Gasteiger partial charge in [0.1, 0.15) is 5.04 Å². The number of hydrogen-bond donors (Lipinski definition) is 0. The van der Waals surface area contributed by atoms with Crippen LogP contribution in [0.2, 0.25) is 0 Å². The highest BCUT2D eigenvalue weighted by molar-refractivity contribution is 8.13. The summed E-state index contributed by atoms with van der Waals surface area (Å²) in [6.45, 7) is 1.52. The van der Waals surface area contributed by atoms with E-state index in [0.717, 1.165) is 7.05 Å². The molecule has 5 nitrogen and oxygen atoms in total. The fraction of sp³-hybridized carbons (Fsp3) is 0.625. The first kappa shape index (κ1) is 16.9. The van der Waals surface area contributed by atoms with Gasteiger partial charge in [0.15, 0.2) is 0 Å². The number of nitrogens with zero attached hydrogens (tertiary/aromatic N) is 3. The van der Waals surface area contributed by atoms with Gasteiger partial charge in [-0.15, -0.1) is 11.8 Å². The number of alkyl halides is 3. The van der Waals surface area contributed by atoms with Crippen LogP contribution in [0.5, 0.6) is 0 Å². The van der Waals surface area contributed by atoms with Crippen LogP contribution in [0.25, 0.3) is 0 Å². The summed E-state index contributed by atoms with van der Waals surface area (Å²) in [5.41, 5.74) is -4.56. The van der Waals surface area contributed by atoms with E-state index in [2.05, 4.69) is 9.99 Å². The lowest BCUT2D eigenvalue weighted by atomic mass is 10.6. The zero-order chi connectivity index (χ0) is 14.2. The Morgan fingerprint density at radius 1 is 1.56 bits per heavy atom. The smallest absolute Gasteiger partial charge is 0.296 e. The minimum Gasteiger partial charge on any atom is -0.296 e. The zero-order valence-electron chi connectivity index (χ0n) is 9.52. The molecule has 0 spiro atoms. The number of halogens is 3. The third kappa shape index (κ3) is 9.00. The highest BCUT2D eigenvalue weighted by atomic mass is 32.2. The predicted octanol–water partition coefficient (Wildman–Crippen LogP) is 3.20. The van der Waals surface area contributed by atoms with Crippen molar-refractivity contribution in [1.29, 1.82) is 5.26 Å². The molecule has 102 valence electrons. The second kappa shape index (κ2) is 8.10. The van der Waals surface area contributed by atoms with Crippen LogP contribution in [0.4, 0.5) is 18.0 Å². The molecule has 0 saturated carbocycles. The Labute approximate surface area is 110 Å². The second-order valence-electron chi connectivity index (χ2n) is 2.76. The minimum atomic E-state index is -4.56. The average Bonchev–Trinajstić information content (AvgIpc) is 2.23. The van der Waals surface area contributed by atoms with Crippen molar-refractivity contribution in [3.05, 3.63) is 0 Å². The summed E-state index contributed by atoms with van der Waals surface area (Å²) in [4.78, 5) is 15.4. The number of oxime groups is 1. The topological polar surface area (TPSA) is 65.7 Å². The van der Waals surface area contributed by atoms with Crippen molar-refractivity contribution >= 4 is 34.8 Å². The van der Waals surface area contributed by atoms with Gasteiger partial charge in [0.2, 0.25) is 0 Å². The van der Waals surface area contributed by atoms with Crippen LogP contribution in [0.15, 0.2) is 5.16 Å². The largest absolute Gasteiger partial charge is 0.461 e. The Morgan fingerprint density at radius 3 is 2.67 bits per heavy atom. The monoisotopic (exact) mass is 301 g/mol. The Balaban J connectivity index is 4.08. The van der Waals surface area contributed by atoms with Crippen LogP contribution in [0, 0.1) is 11.3 Å². The molecule has 0 rings (SSSR count). The van der Waals surface area contributed by atoms with E-state index >= 15 is 0 Å². The van der Waals surface area contributed by atoms with Gasteiger partial charge in [-0.2, -0.15) is 18.4 Å². The van der Waals surface area contributed by atoms with E-state index in [-0.39, 0.29) is 4.31 Å². The first-order valence-electron chi connectivity index (χ1n) is 4.51. The fourth-order valence-corrected chi connectivity index (χ4v) is 1.62. The lowest BCUT2D eigenvalue weighted by Gasteiger charge is -2.14. The number of carbonyl (C=O) groups is 1. The van der Waals surface area contributed by atoms with E-state index in [1.54, 1.807) is 0 Å². The number of hydrogen-bond acceptors (Lipinski definition) is 6. The van der Waals surface area contributed by atoms with Gasteiger partial charge in [0.05, 0.1) is 18.0 Å². The number of rotatable bonds is 4. The van der Waals surface area contributed by atoms with Crippen LogP contribution in [0.3, 0.4) is 0 Å². The highest BCUT2D eigenvalue weighted by Gasteiger charge is 2.34. The summed E-state index contributed by atoms with van der Waals surface area (Å²) in [6, 6.07) is 1.91. The first-order valence-corrected chi connectivity index (χ1v) is 6.27. The maximum atomic E-state index is 11.9. The lowest BCUT2D eigenvalue weighted by Crippen LogP contribution is -2.23. The van der Waals surface area contributed by atoms with Crippen molar-refractivity contribution < 1.29 is 22.8 Å². The van der Waals surface area contributed by atoms with Crippen LogP contribution in [0.1, 0.15) is 13.3 Å². The average molecular weight is 301 g/mol. The van der Waals surface area contributed by atoms with Gasteiger partial charge in [-0.05, 0) is 6.92 Å². The normalized spacial score (nSPS) is 11.9. The summed E-state index contributed by atoms with van der Waals surface area (Å²) in [5.74, 6) is 0.469. The van der Waals surface area contributed by atoms with E-state index in [9.17, 15) is 18.0 Å². The van der Waals surface area contributed by atoms with Gasteiger partial charge in [-0.25, -0.2) is 9.10 Å². The molecule has 0 unspecified atom stereocenters. The van der Waals surface area contributed by atoms with Crippen LogP contribution in [-0.4, -0.2) is 33.8 Å². The summed E-state index contributed by atoms with van der Waals surface area (Å²) in [5, 5.41) is 12.0. The third-order valence-corrected chi connectivity index (χ3v) is 2.81. The Kier molecular flexibility index (Phi) is 7.61. The number of nitriles is 1. The molecule has 18 heavy (non-hydrogen) atoms. The molecule has 0 aliphatic carbocycles. The summed E-state index contributed by atoms with van der Waals surface area (Å²) in [7, 11) is 0.925. The maximum absolute atomic E-state index is 11.9. The molecule has 1 amide bonds. The molecule has 0 aromatic carbocycles. The fourth-order valence-electron chi connectivity index (χ4n) is 0.624. The van der Waals surface area contributed by atoms with Gasteiger partial charge >= 0.3 is 11.6 Å². The molecule has 0 bridgehead atoms. The third-order valence-electron chi connectivity index (χ3n) is 1.27. The van der Waals surface area contributed by atoms with Gasteiger partial charge in [0, 0.05) is 19.2 Å². The summed E-state index contributed by atoms with van der Waals surface area (Å²) < 4.78 is 36.0. The van der Waals surface area contributed by atoms with Gasteiger partial charge in [-0.3, -0.25) is 4.84 Å². The van der Waals surface area contributed by atoms with Crippen LogP contribution in [-0.2, 0) is 4.84 Å². The van der Waals surface area contributed by atoms with E-state index in [4.69, 9.17) is 5.26 Å². The molecule has 0 aliphatic heterocycles. The maximum Gasteiger partial charge on any atom is 0.461 e. The molecule has 0 aliphatic rings. The molecule has 0 aromatic rings. The van der Waals surface area contributed by atoms with E-state index in [1.807, 2.05) is 6.07 Å². The van der Waals surface area contributed by atoms with Crippen molar-refractivity contribution in [1.82, 2.24) is 4.31 Å². The Hall–Kier alpha value is -1.08. The Bertz CT molecular complexity index is 354. The summed E-state index contributed by atoms with van der Waals surface area (Å²) in [6.07, 6.45) is -0.924. The van der Waals surface area contributed by atoms with E-state index < -0.39 is 23.5 Å². The van der Waals surface area contributed by atoms with Gasteiger partial charge < -0.3 is 0 Å². The highest BCUT2D eigenvalue weighted by Crippen LogP contribution is 2.32. The van der Waals surface area contributed by atoms with Crippen molar-refractivity contribution in [2.24, 2.45) is 5.16 Å². The lowest BCUT2D eigenvalue weighted by molar-refractivity contribution is -0.0358. The SMILES string of the molecule is C/C(=N\OC(=O)N(C)SC(F)(F)F)SCCC#N. The molecule has 0 fully saturated rings. The Morgan fingerprint density at radius 2 is 2.17 bits per heavy atom. The standard InChI is InChI=1S/C8H10F3N3O2S2/c1-6(17-5-3-4-12)13-16-7(15)14(2)18-8(9,10)11/h3,5H2,1-2H3/b13-6+. The van der Waals surface area contributed by atoms with E-state index in [0.29, 0.717) is 17.2 Å². The van der Waals surface area contributed by atoms with Crippen molar-refractivity contribution in [2.75, 3.05) is 12.8 Å². The summed E-state index contributed by atoms with van der Waals surface area (Å²) >= 11 is 0.548. The molecule has 0 N–H and O–H groups in total. The number of carbonyl (C=O) groups excluding carboxylic acids is 1.